The van der Waals surface area contributed by atoms with Gasteiger partial charge in [0.2, 0.25) is 0 Å². The molecule has 1 amide bonds. The number of morpholine rings is 1. The van der Waals surface area contributed by atoms with Crippen molar-refractivity contribution in [1.82, 2.24) is 4.90 Å². The van der Waals surface area contributed by atoms with E-state index in [9.17, 15) is 19.7 Å². The molecular formula is C16H20N2O6. The van der Waals surface area contributed by atoms with Gasteiger partial charge in [-0.25, -0.2) is 4.79 Å². The molecule has 0 spiro atoms. The first-order chi connectivity index (χ1) is 11.3. The number of rotatable bonds is 5. The maximum Gasteiger partial charge on any atom is 0.335 e. The van der Waals surface area contributed by atoms with E-state index in [2.05, 4.69) is 0 Å². The summed E-state index contributed by atoms with van der Waals surface area (Å²) in [7, 11) is 0. The number of nitrogens with zero attached hydrogens (tertiary/aromatic N) is 2. The van der Waals surface area contributed by atoms with Crippen molar-refractivity contribution in [1.29, 1.82) is 0 Å². The van der Waals surface area contributed by atoms with Crippen LogP contribution in [0.4, 0.5) is 5.69 Å². The summed E-state index contributed by atoms with van der Waals surface area (Å²) < 4.78 is 5.43. The summed E-state index contributed by atoms with van der Waals surface area (Å²) in [5.41, 5.74) is -0.676. The van der Waals surface area contributed by atoms with Gasteiger partial charge in [-0.15, -0.1) is 0 Å². The van der Waals surface area contributed by atoms with E-state index < -0.39 is 22.5 Å². The Labute approximate surface area is 139 Å². The van der Waals surface area contributed by atoms with Crippen LogP contribution in [0.5, 0.6) is 0 Å². The predicted molar refractivity (Wildman–Crippen MR) is 85.2 cm³/mol. The number of hydrogen-bond donors (Lipinski definition) is 1. The molecule has 1 aromatic carbocycles. The fourth-order valence-electron chi connectivity index (χ4n) is 2.79. The molecule has 1 heterocycles. The number of amides is 1. The summed E-state index contributed by atoms with van der Waals surface area (Å²) >= 11 is 0. The van der Waals surface area contributed by atoms with Crippen molar-refractivity contribution in [3.8, 4) is 0 Å². The molecule has 1 fully saturated rings. The lowest BCUT2D eigenvalue weighted by molar-refractivity contribution is -0.384. The van der Waals surface area contributed by atoms with Crippen molar-refractivity contribution in [2.75, 3.05) is 19.8 Å². The Hall–Kier alpha value is -2.48. The summed E-state index contributed by atoms with van der Waals surface area (Å²) in [5.74, 6) is -1.37. The molecule has 1 saturated heterocycles. The van der Waals surface area contributed by atoms with Gasteiger partial charge in [-0.05, 0) is 18.4 Å². The van der Waals surface area contributed by atoms with E-state index in [-0.39, 0.29) is 17.2 Å². The normalized spacial score (nSPS) is 17.8. The molecule has 24 heavy (non-hydrogen) atoms. The van der Waals surface area contributed by atoms with E-state index in [0.717, 1.165) is 18.6 Å². The molecule has 2 rings (SSSR count). The first-order valence-corrected chi connectivity index (χ1v) is 7.71. The number of non-ortho nitro benzene ring substituents is 1. The van der Waals surface area contributed by atoms with Crippen LogP contribution in [0.2, 0.25) is 0 Å². The third-order valence-electron chi connectivity index (χ3n) is 3.85. The number of nitro benzene ring substituents is 1. The summed E-state index contributed by atoms with van der Waals surface area (Å²) in [6.07, 6.45) is 0.743. The van der Waals surface area contributed by atoms with Crippen LogP contribution in [0.1, 0.15) is 41.0 Å². The molecule has 8 heteroatoms. The summed E-state index contributed by atoms with van der Waals surface area (Å²) in [4.78, 5) is 35.9. The third kappa shape index (κ3) is 4.08. The first kappa shape index (κ1) is 17.9. The van der Waals surface area contributed by atoms with Gasteiger partial charge in [0.25, 0.3) is 11.6 Å². The molecule has 1 aromatic rings. The van der Waals surface area contributed by atoms with Crippen LogP contribution < -0.4 is 0 Å². The summed E-state index contributed by atoms with van der Waals surface area (Å²) in [6.45, 7) is 5.24. The van der Waals surface area contributed by atoms with Gasteiger partial charge in [0.15, 0.2) is 0 Å². The minimum atomic E-state index is -1.31. The topological polar surface area (TPSA) is 110 Å². The number of nitro groups is 1. The van der Waals surface area contributed by atoms with Crippen LogP contribution >= 0.6 is 0 Å². The number of ether oxygens (including phenoxy) is 1. The Morgan fingerprint density at radius 1 is 1.38 bits per heavy atom. The molecule has 1 aliphatic rings. The van der Waals surface area contributed by atoms with Gasteiger partial charge in [-0.1, -0.05) is 13.8 Å². The molecule has 0 aliphatic carbocycles. The minimum absolute atomic E-state index is 0.0113. The molecule has 1 atom stereocenters. The molecule has 0 saturated carbocycles. The lowest BCUT2D eigenvalue weighted by atomic mass is 10.0. The fourth-order valence-corrected chi connectivity index (χ4v) is 2.79. The largest absolute Gasteiger partial charge is 0.478 e. The second kappa shape index (κ2) is 7.39. The lowest BCUT2D eigenvalue weighted by Gasteiger charge is -2.36. The number of aromatic carboxylic acids is 1. The van der Waals surface area contributed by atoms with Crippen LogP contribution in [-0.4, -0.2) is 52.6 Å². The smallest absolute Gasteiger partial charge is 0.335 e. The predicted octanol–water partition coefficient (Wildman–Crippen LogP) is 2.18. The fraction of sp³-hybridized carbons (Fsp3) is 0.500. The van der Waals surface area contributed by atoms with E-state index >= 15 is 0 Å². The molecular weight excluding hydrogens is 316 g/mol. The van der Waals surface area contributed by atoms with Crippen LogP contribution in [0.15, 0.2) is 18.2 Å². The van der Waals surface area contributed by atoms with Gasteiger partial charge in [0, 0.05) is 24.2 Å². The highest BCUT2D eigenvalue weighted by Gasteiger charge is 2.30. The van der Waals surface area contributed by atoms with Gasteiger partial charge >= 0.3 is 5.97 Å². The molecule has 1 N–H and O–H groups in total. The molecule has 8 nitrogen and oxygen atoms in total. The maximum atomic E-state index is 12.8. The Kier molecular flexibility index (Phi) is 5.50. The number of carbonyl (C=O) groups is 2. The van der Waals surface area contributed by atoms with Crippen molar-refractivity contribution in [3.63, 3.8) is 0 Å². The second-order valence-electron chi connectivity index (χ2n) is 6.19. The van der Waals surface area contributed by atoms with E-state index in [1.807, 2.05) is 13.8 Å². The molecule has 0 aromatic heterocycles. The van der Waals surface area contributed by atoms with Crippen LogP contribution in [-0.2, 0) is 4.74 Å². The number of carboxylic acid groups (broad SMARTS) is 1. The zero-order valence-corrected chi connectivity index (χ0v) is 13.6. The molecule has 0 bridgehead atoms. The van der Waals surface area contributed by atoms with Gasteiger partial charge in [-0.2, -0.15) is 0 Å². The number of carboxylic acids is 1. The SMILES string of the molecule is CC(C)CC1COCCN1C(=O)c1cc(C(=O)O)cc([N+](=O)[O-])c1. The summed E-state index contributed by atoms with van der Waals surface area (Å²) in [6, 6.07) is 3.12. The first-order valence-electron chi connectivity index (χ1n) is 7.71. The standard InChI is InChI=1S/C16H20N2O6/c1-10(2)5-14-9-24-4-3-17(14)15(19)11-6-12(16(20)21)8-13(7-11)18(22)23/h6-8,10,14H,3-5,9H2,1-2H3,(H,20,21). The number of hydrogen-bond acceptors (Lipinski definition) is 5. The van der Waals surface area contributed by atoms with Crippen molar-refractivity contribution in [2.24, 2.45) is 5.92 Å². The van der Waals surface area contributed by atoms with Crippen molar-refractivity contribution < 1.29 is 24.4 Å². The van der Waals surface area contributed by atoms with E-state index in [0.29, 0.717) is 25.7 Å². The van der Waals surface area contributed by atoms with Crippen molar-refractivity contribution in [2.45, 2.75) is 26.3 Å². The van der Waals surface area contributed by atoms with Gasteiger partial charge in [0.1, 0.15) is 0 Å². The molecule has 1 aliphatic heterocycles. The van der Waals surface area contributed by atoms with Crippen LogP contribution in [0, 0.1) is 16.0 Å². The number of carbonyl (C=O) groups excluding carboxylic acids is 1. The Morgan fingerprint density at radius 2 is 2.04 bits per heavy atom. The monoisotopic (exact) mass is 336 g/mol. The average molecular weight is 336 g/mol. The van der Waals surface area contributed by atoms with Crippen LogP contribution in [0.25, 0.3) is 0 Å². The van der Waals surface area contributed by atoms with E-state index in [1.54, 1.807) is 4.90 Å². The van der Waals surface area contributed by atoms with Gasteiger partial charge < -0.3 is 14.7 Å². The average Bonchev–Trinajstić information content (AvgIpc) is 2.53. The van der Waals surface area contributed by atoms with Crippen LogP contribution in [0.3, 0.4) is 0 Å². The van der Waals surface area contributed by atoms with E-state index in [4.69, 9.17) is 9.84 Å². The highest BCUT2D eigenvalue weighted by atomic mass is 16.6. The summed E-state index contributed by atoms with van der Waals surface area (Å²) in [5, 5.41) is 20.1. The lowest BCUT2D eigenvalue weighted by Crippen LogP contribution is -2.49. The van der Waals surface area contributed by atoms with Crippen molar-refractivity contribution in [3.05, 3.63) is 39.4 Å². The van der Waals surface area contributed by atoms with E-state index in [1.165, 1.54) is 6.07 Å². The minimum Gasteiger partial charge on any atom is -0.478 e. The Morgan fingerprint density at radius 3 is 2.62 bits per heavy atom. The highest BCUT2D eigenvalue weighted by molar-refractivity contribution is 5.98. The Balaban J connectivity index is 2.36. The third-order valence-corrected chi connectivity index (χ3v) is 3.85. The van der Waals surface area contributed by atoms with Crippen molar-refractivity contribution >= 4 is 17.6 Å². The quantitative estimate of drug-likeness (QED) is 0.652. The zero-order chi connectivity index (χ0) is 17.9. The molecule has 130 valence electrons. The molecule has 1 unspecified atom stereocenters. The second-order valence-corrected chi connectivity index (χ2v) is 6.19. The van der Waals surface area contributed by atoms with Gasteiger partial charge in [0.05, 0.1) is 29.7 Å². The number of benzene rings is 1. The van der Waals surface area contributed by atoms with Gasteiger partial charge in [-0.3, -0.25) is 14.9 Å². The highest BCUT2D eigenvalue weighted by Crippen LogP contribution is 2.22. The molecule has 0 radical (unpaired) electrons. The maximum absolute atomic E-state index is 12.8. The Bertz CT molecular complexity index is 626. The zero-order valence-electron chi connectivity index (χ0n) is 13.6.